The summed E-state index contributed by atoms with van der Waals surface area (Å²) in [6, 6.07) is -1.67. The second-order valence-electron chi connectivity index (χ2n) is 6.44. The molecule has 11 heteroatoms. The average molecular weight is 408 g/mol. The minimum absolute atomic E-state index is 0.0256. The third-order valence-corrected chi connectivity index (χ3v) is 6.82. The predicted molar refractivity (Wildman–Crippen MR) is 82.2 cm³/mol. The molecule has 1 heterocycles. The molecule has 0 aromatic heterocycles. The molecule has 2 unspecified atom stereocenters. The van der Waals surface area contributed by atoms with Crippen molar-refractivity contribution in [3.8, 4) is 0 Å². The highest BCUT2D eigenvalue weighted by Crippen LogP contribution is 2.60. The predicted octanol–water partition coefficient (Wildman–Crippen LogP) is 1.61. The number of hydrogen-bond acceptors (Lipinski definition) is 8. The van der Waals surface area contributed by atoms with E-state index in [0.717, 1.165) is 25.7 Å². The van der Waals surface area contributed by atoms with Gasteiger partial charge in [-0.05, 0) is 44.1 Å². The second kappa shape index (κ2) is 5.60. The van der Waals surface area contributed by atoms with Crippen molar-refractivity contribution in [2.75, 3.05) is 6.61 Å². The number of alkyl halides is 1. The van der Waals surface area contributed by atoms with E-state index in [4.69, 9.17) is 9.57 Å². The highest BCUT2D eigenvalue weighted by atomic mass is 79.9. The van der Waals surface area contributed by atoms with Gasteiger partial charge in [0.05, 0.1) is 10.9 Å². The summed E-state index contributed by atoms with van der Waals surface area (Å²) in [4.78, 5) is 38.5. The largest absolute Gasteiger partial charge is 0.574 e. The molecule has 0 spiro atoms. The van der Waals surface area contributed by atoms with Crippen LogP contribution in [0.3, 0.4) is 0 Å². The number of hydrogen-bond donors (Lipinski definition) is 0. The van der Waals surface area contributed by atoms with Gasteiger partial charge in [0.15, 0.2) is 0 Å². The van der Waals surface area contributed by atoms with Gasteiger partial charge in [0.25, 0.3) is 0 Å². The van der Waals surface area contributed by atoms with E-state index in [9.17, 15) is 25.0 Å². The van der Waals surface area contributed by atoms with E-state index in [-0.39, 0.29) is 10.9 Å². The standard InChI is InChI=1S/C13H18BrN3O7/c1-2-23-10(18)9-13(16(19)20,17(21)22)15(9)24-12(7-4-8-12)11(14)5-3-6-11/h9H,2-8H2,1H3. The fourth-order valence-electron chi connectivity index (χ4n) is 3.52. The normalized spacial score (nSPS) is 31.2. The SMILES string of the molecule is CCOC(=O)C1N(OC2(C3(Br)CCC3)CCC2)C1([N+](=O)[O-])[N+](=O)[O-]. The smallest absolute Gasteiger partial charge is 0.464 e. The van der Waals surface area contributed by atoms with Crippen molar-refractivity contribution < 1.29 is 24.2 Å². The first-order chi connectivity index (χ1) is 11.2. The van der Waals surface area contributed by atoms with Crippen LogP contribution in [-0.4, -0.2) is 49.2 Å². The third kappa shape index (κ3) is 2.10. The van der Waals surface area contributed by atoms with Crippen LogP contribution in [0.4, 0.5) is 0 Å². The van der Waals surface area contributed by atoms with Crippen LogP contribution in [0.5, 0.6) is 0 Å². The minimum Gasteiger partial charge on any atom is -0.464 e. The summed E-state index contributed by atoms with van der Waals surface area (Å²) in [6.07, 6.45) is 4.79. The van der Waals surface area contributed by atoms with Crippen molar-refractivity contribution in [1.29, 1.82) is 0 Å². The summed E-state index contributed by atoms with van der Waals surface area (Å²) in [5.41, 5.74) is -0.746. The quantitative estimate of drug-likeness (QED) is 0.155. The van der Waals surface area contributed by atoms with Gasteiger partial charge in [-0.25, -0.2) is 4.79 Å². The zero-order valence-corrected chi connectivity index (χ0v) is 14.7. The van der Waals surface area contributed by atoms with Crippen molar-refractivity contribution in [2.24, 2.45) is 0 Å². The van der Waals surface area contributed by atoms with E-state index in [1.807, 2.05) is 0 Å². The maximum absolute atomic E-state index is 12.0. The Morgan fingerprint density at radius 2 is 1.75 bits per heavy atom. The Morgan fingerprint density at radius 1 is 1.21 bits per heavy atom. The Hall–Kier alpha value is -1.33. The molecule has 1 saturated heterocycles. The van der Waals surface area contributed by atoms with Crippen molar-refractivity contribution in [1.82, 2.24) is 5.06 Å². The third-order valence-electron chi connectivity index (χ3n) is 5.30. The van der Waals surface area contributed by atoms with Crippen LogP contribution in [-0.2, 0) is 14.4 Å². The number of ether oxygens (including phenoxy) is 1. The molecule has 1 aliphatic heterocycles. The van der Waals surface area contributed by atoms with Gasteiger partial charge in [0.2, 0.25) is 0 Å². The molecule has 134 valence electrons. The molecule has 24 heavy (non-hydrogen) atoms. The zero-order chi connectivity index (χ0) is 17.8. The van der Waals surface area contributed by atoms with Gasteiger partial charge in [-0.3, -0.25) is 25.1 Å². The van der Waals surface area contributed by atoms with Crippen LogP contribution in [0.1, 0.15) is 45.4 Å². The lowest BCUT2D eigenvalue weighted by Crippen LogP contribution is -2.61. The molecule has 2 aliphatic carbocycles. The molecule has 10 nitrogen and oxygen atoms in total. The van der Waals surface area contributed by atoms with Crippen LogP contribution in [0.15, 0.2) is 0 Å². The average Bonchev–Trinajstić information content (AvgIpc) is 3.10. The molecule has 0 aromatic carbocycles. The first-order valence-electron chi connectivity index (χ1n) is 7.88. The Labute approximate surface area is 145 Å². The Bertz CT molecular complexity index is 576. The molecule has 3 rings (SSSR count). The van der Waals surface area contributed by atoms with E-state index in [1.54, 1.807) is 0 Å². The molecule has 3 fully saturated rings. The maximum Gasteiger partial charge on any atom is 0.574 e. The highest BCUT2D eigenvalue weighted by molar-refractivity contribution is 9.10. The fraction of sp³-hybridized carbons (Fsp3) is 0.923. The van der Waals surface area contributed by atoms with E-state index < -0.39 is 33.2 Å². The molecular formula is C13H18BrN3O7. The topological polar surface area (TPSA) is 125 Å². The number of esters is 1. The number of carbonyl (C=O) groups is 1. The van der Waals surface area contributed by atoms with Gasteiger partial charge >= 0.3 is 17.8 Å². The molecule has 2 saturated carbocycles. The number of nitrogens with zero attached hydrogens (tertiary/aromatic N) is 3. The summed E-state index contributed by atoms with van der Waals surface area (Å²) in [5.74, 6) is -3.82. The van der Waals surface area contributed by atoms with Gasteiger partial charge in [0.1, 0.15) is 15.4 Å². The first kappa shape index (κ1) is 17.5. The van der Waals surface area contributed by atoms with Crippen molar-refractivity contribution in [2.45, 2.75) is 67.2 Å². The summed E-state index contributed by atoms with van der Waals surface area (Å²) < 4.78 is 4.41. The van der Waals surface area contributed by atoms with Crippen LogP contribution >= 0.6 is 15.9 Å². The number of halogens is 1. The summed E-state index contributed by atoms with van der Waals surface area (Å²) in [6.45, 7) is 1.50. The molecule has 0 radical (unpaired) electrons. The van der Waals surface area contributed by atoms with Gasteiger partial charge in [-0.1, -0.05) is 22.4 Å². The van der Waals surface area contributed by atoms with Gasteiger partial charge in [-0.2, -0.15) is 0 Å². The van der Waals surface area contributed by atoms with Gasteiger partial charge in [-0.15, -0.1) is 0 Å². The Balaban J connectivity index is 1.88. The van der Waals surface area contributed by atoms with E-state index in [1.165, 1.54) is 6.92 Å². The monoisotopic (exact) mass is 407 g/mol. The number of nitro groups is 2. The summed E-state index contributed by atoms with van der Waals surface area (Å²) in [5, 5.41) is 23.4. The summed E-state index contributed by atoms with van der Waals surface area (Å²) in [7, 11) is 0. The van der Waals surface area contributed by atoms with E-state index in [2.05, 4.69) is 15.9 Å². The van der Waals surface area contributed by atoms with Crippen molar-refractivity contribution in [3.05, 3.63) is 20.2 Å². The molecule has 0 aromatic rings. The molecule has 3 aliphatic rings. The zero-order valence-electron chi connectivity index (χ0n) is 13.1. The number of carbonyl (C=O) groups excluding carboxylic acids is 1. The molecule has 0 amide bonds. The molecule has 0 N–H and O–H groups in total. The molecule has 0 bridgehead atoms. The molecule has 2 atom stereocenters. The maximum atomic E-state index is 12.0. The lowest BCUT2D eigenvalue weighted by molar-refractivity contribution is -0.785. The molecular weight excluding hydrogens is 390 g/mol. The highest BCUT2D eigenvalue weighted by Gasteiger charge is 2.94. The van der Waals surface area contributed by atoms with Gasteiger partial charge < -0.3 is 4.74 Å². The van der Waals surface area contributed by atoms with Crippen LogP contribution < -0.4 is 0 Å². The summed E-state index contributed by atoms with van der Waals surface area (Å²) >= 11 is 3.65. The van der Waals surface area contributed by atoms with Crippen molar-refractivity contribution in [3.63, 3.8) is 0 Å². The van der Waals surface area contributed by atoms with Crippen LogP contribution in [0, 0.1) is 20.2 Å². The van der Waals surface area contributed by atoms with E-state index in [0.29, 0.717) is 17.9 Å². The second-order valence-corrected chi connectivity index (χ2v) is 7.96. The van der Waals surface area contributed by atoms with Crippen LogP contribution in [0.2, 0.25) is 0 Å². The minimum atomic E-state index is -2.80. The first-order valence-corrected chi connectivity index (χ1v) is 8.67. The lowest BCUT2D eigenvalue weighted by atomic mass is 9.63. The lowest BCUT2D eigenvalue weighted by Gasteiger charge is -2.56. The Kier molecular flexibility index (Phi) is 4.08. The fourth-order valence-corrected chi connectivity index (χ4v) is 4.55. The van der Waals surface area contributed by atoms with Crippen LogP contribution in [0.25, 0.3) is 0 Å². The Morgan fingerprint density at radius 3 is 2.08 bits per heavy atom. The van der Waals surface area contributed by atoms with Gasteiger partial charge in [0, 0.05) is 0 Å². The number of rotatable bonds is 7. The van der Waals surface area contributed by atoms with Crippen molar-refractivity contribution >= 4 is 21.9 Å². The number of hydroxylamine groups is 2. The van der Waals surface area contributed by atoms with E-state index >= 15 is 0 Å².